The Balaban J connectivity index is 2.76. The number of nitrogens with one attached hydrogen (secondary N) is 1. The highest BCUT2D eigenvalue weighted by molar-refractivity contribution is 7.92. The van der Waals surface area contributed by atoms with Crippen molar-refractivity contribution >= 4 is 22.1 Å². The summed E-state index contributed by atoms with van der Waals surface area (Å²) in [5.74, 6) is -1.33. The first-order valence-electron chi connectivity index (χ1n) is 5.54. The Morgan fingerprint density at radius 1 is 1.32 bits per heavy atom. The van der Waals surface area contributed by atoms with E-state index >= 15 is 0 Å². The first kappa shape index (κ1) is 15.4. The third kappa shape index (κ3) is 5.64. The molecule has 6 nitrogen and oxygen atoms in total. The van der Waals surface area contributed by atoms with Crippen molar-refractivity contribution in [2.75, 3.05) is 6.61 Å². The van der Waals surface area contributed by atoms with E-state index in [1.807, 2.05) is 4.72 Å². The molecule has 1 atom stereocenters. The molecule has 19 heavy (non-hydrogen) atoms. The number of rotatable bonds is 7. The van der Waals surface area contributed by atoms with Crippen molar-refractivity contribution in [3.63, 3.8) is 0 Å². The molecule has 1 rings (SSSR count). The summed E-state index contributed by atoms with van der Waals surface area (Å²) < 4.78 is 25.3. The maximum atomic E-state index is 11.7. The van der Waals surface area contributed by atoms with Crippen LogP contribution < -0.4 is 4.72 Å². The molecule has 0 amide bonds. The molecule has 0 aliphatic rings. The van der Waals surface area contributed by atoms with Gasteiger partial charge in [-0.25, -0.2) is 8.42 Å². The molecule has 7 heteroatoms. The van der Waals surface area contributed by atoms with Gasteiger partial charge in [0, 0.05) is 12.0 Å². The van der Waals surface area contributed by atoms with Gasteiger partial charge in [-0.3, -0.25) is 4.79 Å². The Labute approximate surface area is 111 Å². The zero-order chi connectivity index (χ0) is 14.3. The van der Waals surface area contributed by atoms with Gasteiger partial charge < -0.3 is 10.2 Å². The largest absolute Gasteiger partial charge is 0.480 e. The van der Waals surface area contributed by atoms with Crippen LogP contribution in [-0.2, 0) is 14.8 Å². The number of sulfonamides is 1. The maximum absolute atomic E-state index is 11.7. The van der Waals surface area contributed by atoms with E-state index in [1.165, 1.54) is 6.08 Å². The molecule has 0 fully saturated rings. The van der Waals surface area contributed by atoms with Crippen LogP contribution in [0.2, 0.25) is 0 Å². The number of aliphatic hydroxyl groups is 1. The zero-order valence-electron chi connectivity index (χ0n) is 10.1. The van der Waals surface area contributed by atoms with Gasteiger partial charge in [-0.2, -0.15) is 4.72 Å². The quantitative estimate of drug-likeness (QED) is 0.673. The van der Waals surface area contributed by atoms with Crippen LogP contribution in [0.25, 0.3) is 6.08 Å². The smallest absolute Gasteiger partial charge is 0.321 e. The first-order chi connectivity index (χ1) is 8.94. The summed E-state index contributed by atoms with van der Waals surface area (Å²) in [5.41, 5.74) is 0.682. The Morgan fingerprint density at radius 3 is 2.47 bits per heavy atom. The van der Waals surface area contributed by atoms with Crippen molar-refractivity contribution in [3.8, 4) is 0 Å². The predicted molar refractivity (Wildman–Crippen MR) is 70.7 cm³/mol. The maximum Gasteiger partial charge on any atom is 0.321 e. The van der Waals surface area contributed by atoms with E-state index in [1.54, 1.807) is 30.3 Å². The number of carboxylic acid groups (broad SMARTS) is 1. The fraction of sp³-hybridized carbons (Fsp3) is 0.250. The van der Waals surface area contributed by atoms with E-state index in [0.29, 0.717) is 5.56 Å². The van der Waals surface area contributed by atoms with Gasteiger partial charge in [-0.15, -0.1) is 0 Å². The molecule has 0 saturated heterocycles. The Bertz CT molecular complexity index is 538. The summed E-state index contributed by atoms with van der Waals surface area (Å²) in [4.78, 5) is 10.8. The summed E-state index contributed by atoms with van der Waals surface area (Å²) in [6.45, 7) is -0.415. The van der Waals surface area contributed by atoms with Crippen molar-refractivity contribution in [1.82, 2.24) is 4.72 Å². The molecular weight excluding hydrogens is 270 g/mol. The van der Waals surface area contributed by atoms with Gasteiger partial charge in [0.05, 0.1) is 0 Å². The molecule has 1 aromatic rings. The van der Waals surface area contributed by atoms with Crippen LogP contribution in [-0.4, -0.2) is 37.2 Å². The van der Waals surface area contributed by atoms with Crippen LogP contribution >= 0.6 is 0 Å². The lowest BCUT2D eigenvalue weighted by Crippen LogP contribution is -2.40. The molecule has 0 aliphatic heterocycles. The molecule has 0 radical (unpaired) electrons. The van der Waals surface area contributed by atoms with Gasteiger partial charge in [-0.1, -0.05) is 30.3 Å². The second-order valence-corrected chi connectivity index (χ2v) is 5.38. The van der Waals surface area contributed by atoms with E-state index in [2.05, 4.69) is 0 Å². The average molecular weight is 285 g/mol. The highest BCUT2D eigenvalue weighted by Gasteiger charge is 2.21. The first-order valence-corrected chi connectivity index (χ1v) is 7.08. The van der Waals surface area contributed by atoms with E-state index in [9.17, 15) is 13.2 Å². The highest BCUT2D eigenvalue weighted by atomic mass is 32.2. The predicted octanol–water partition coefficient (Wildman–Crippen LogP) is 0.412. The molecule has 0 spiro atoms. The van der Waals surface area contributed by atoms with E-state index in [0.717, 1.165) is 5.41 Å². The molecule has 1 aromatic carbocycles. The Morgan fingerprint density at radius 2 is 1.95 bits per heavy atom. The fourth-order valence-corrected chi connectivity index (χ4v) is 2.36. The Hall–Kier alpha value is -1.70. The lowest BCUT2D eigenvalue weighted by atomic mass is 10.2. The number of aliphatic hydroxyl groups excluding tert-OH is 1. The van der Waals surface area contributed by atoms with E-state index in [-0.39, 0.29) is 6.42 Å². The number of hydrogen-bond donors (Lipinski definition) is 3. The molecule has 0 heterocycles. The number of carbonyl (C=O) groups is 1. The molecule has 0 unspecified atom stereocenters. The lowest BCUT2D eigenvalue weighted by Gasteiger charge is -2.11. The lowest BCUT2D eigenvalue weighted by molar-refractivity contribution is -0.139. The summed E-state index contributed by atoms with van der Waals surface area (Å²) >= 11 is 0. The second-order valence-electron chi connectivity index (χ2n) is 3.78. The monoisotopic (exact) mass is 285 g/mol. The second kappa shape index (κ2) is 7.03. The number of benzene rings is 1. The van der Waals surface area contributed by atoms with Crippen molar-refractivity contribution < 1.29 is 23.4 Å². The van der Waals surface area contributed by atoms with Crippen molar-refractivity contribution in [2.45, 2.75) is 12.5 Å². The minimum atomic E-state index is -3.87. The van der Waals surface area contributed by atoms with Crippen molar-refractivity contribution in [3.05, 3.63) is 41.3 Å². The van der Waals surface area contributed by atoms with E-state index < -0.39 is 28.6 Å². The van der Waals surface area contributed by atoms with Crippen LogP contribution in [0.4, 0.5) is 0 Å². The number of carboxylic acids is 1. The van der Waals surface area contributed by atoms with E-state index in [4.69, 9.17) is 10.2 Å². The topological polar surface area (TPSA) is 104 Å². The summed E-state index contributed by atoms with van der Waals surface area (Å²) in [5, 5.41) is 18.4. The van der Waals surface area contributed by atoms with Crippen LogP contribution in [0.3, 0.4) is 0 Å². The van der Waals surface area contributed by atoms with Gasteiger partial charge in [0.15, 0.2) is 0 Å². The highest BCUT2D eigenvalue weighted by Crippen LogP contribution is 2.04. The van der Waals surface area contributed by atoms with Crippen LogP contribution in [0.5, 0.6) is 0 Å². The summed E-state index contributed by atoms with van der Waals surface area (Å²) in [6, 6.07) is 7.40. The van der Waals surface area contributed by atoms with Gasteiger partial charge in [0.25, 0.3) is 0 Å². The van der Waals surface area contributed by atoms with Gasteiger partial charge >= 0.3 is 5.97 Å². The van der Waals surface area contributed by atoms with Crippen molar-refractivity contribution in [1.29, 1.82) is 0 Å². The molecule has 0 aromatic heterocycles. The Kier molecular flexibility index (Phi) is 5.68. The van der Waals surface area contributed by atoms with Gasteiger partial charge in [0.2, 0.25) is 10.0 Å². The molecule has 104 valence electrons. The number of hydrogen-bond acceptors (Lipinski definition) is 4. The molecule has 0 saturated carbocycles. The molecule has 0 aliphatic carbocycles. The average Bonchev–Trinajstić information content (AvgIpc) is 2.37. The van der Waals surface area contributed by atoms with Gasteiger partial charge in [-0.05, 0) is 18.1 Å². The number of aliphatic carboxylic acids is 1. The summed E-state index contributed by atoms with van der Waals surface area (Å²) in [6.07, 6.45) is 1.17. The van der Waals surface area contributed by atoms with Crippen LogP contribution in [0.1, 0.15) is 12.0 Å². The molecule has 0 bridgehead atoms. The van der Waals surface area contributed by atoms with Crippen LogP contribution in [0.15, 0.2) is 35.7 Å². The molecule has 3 N–H and O–H groups in total. The molecular formula is C12H15NO5S. The third-order valence-corrected chi connectivity index (χ3v) is 3.37. The minimum Gasteiger partial charge on any atom is -0.480 e. The van der Waals surface area contributed by atoms with Gasteiger partial charge in [0.1, 0.15) is 6.04 Å². The summed E-state index contributed by atoms with van der Waals surface area (Å²) in [7, 11) is -3.87. The third-order valence-electron chi connectivity index (χ3n) is 2.26. The van der Waals surface area contributed by atoms with Crippen LogP contribution in [0, 0.1) is 0 Å². The normalized spacial score (nSPS) is 13.5. The fourth-order valence-electron chi connectivity index (χ4n) is 1.33. The SMILES string of the molecule is O=C(O)[C@H](CCO)NS(=O)(=O)/C=C/c1ccccc1. The van der Waals surface area contributed by atoms with Crippen molar-refractivity contribution in [2.24, 2.45) is 0 Å². The minimum absolute atomic E-state index is 0.187. The zero-order valence-corrected chi connectivity index (χ0v) is 10.9. The standard InChI is InChI=1S/C12H15NO5S/c14-8-6-11(12(15)16)13-19(17,18)9-7-10-4-2-1-3-5-10/h1-5,7,9,11,13-14H,6,8H2,(H,15,16)/b9-7+/t11-/m0/s1.